The van der Waals surface area contributed by atoms with Gasteiger partial charge < -0.3 is 10.4 Å². The average Bonchev–Trinajstić information content (AvgIpc) is 3.05. The van der Waals surface area contributed by atoms with Crippen LogP contribution in [0.25, 0.3) is 22.5 Å². The number of carboxylic acid groups (broad SMARTS) is 1. The lowest BCUT2D eigenvalue weighted by atomic mass is 9.78. The van der Waals surface area contributed by atoms with Gasteiger partial charge in [0, 0.05) is 41.1 Å². The molecule has 3 aromatic carbocycles. The van der Waals surface area contributed by atoms with Crippen molar-refractivity contribution in [3.05, 3.63) is 107 Å². The molecule has 0 unspecified atom stereocenters. The molecule has 0 bridgehead atoms. The molecule has 1 heterocycles. The van der Waals surface area contributed by atoms with Gasteiger partial charge in [0.05, 0.1) is 0 Å². The zero-order chi connectivity index (χ0) is 30.3. The molecule has 1 fully saturated rings. The monoisotopic (exact) mass is 575 g/mol. The smallest absolute Gasteiger partial charge is 0.326 e. The van der Waals surface area contributed by atoms with E-state index in [9.17, 15) is 19.5 Å². The fourth-order valence-corrected chi connectivity index (χ4v) is 5.80. The number of aromatic nitrogens is 2. The summed E-state index contributed by atoms with van der Waals surface area (Å²) in [5.41, 5.74) is 5.81. The van der Waals surface area contributed by atoms with Crippen LogP contribution in [0.4, 0.5) is 0 Å². The summed E-state index contributed by atoms with van der Waals surface area (Å²) in [6, 6.07) is 21.2. The molecule has 7 nitrogen and oxygen atoms in total. The van der Waals surface area contributed by atoms with Crippen LogP contribution in [-0.2, 0) is 11.2 Å². The Kier molecular flexibility index (Phi) is 9.40. The summed E-state index contributed by atoms with van der Waals surface area (Å²) in [6.07, 6.45) is 10.3. The largest absolute Gasteiger partial charge is 0.480 e. The quantitative estimate of drug-likeness (QED) is 0.195. The third-order valence-corrected chi connectivity index (χ3v) is 8.60. The van der Waals surface area contributed by atoms with E-state index in [1.54, 1.807) is 12.1 Å². The fraction of sp³-hybridized carbons (Fsp3) is 0.306. The number of hydrogen-bond donors (Lipinski definition) is 2. The van der Waals surface area contributed by atoms with Gasteiger partial charge in [0.15, 0.2) is 11.6 Å². The first-order valence-electron chi connectivity index (χ1n) is 15.0. The van der Waals surface area contributed by atoms with Crippen LogP contribution in [0.2, 0.25) is 0 Å². The predicted molar refractivity (Wildman–Crippen MR) is 167 cm³/mol. The van der Waals surface area contributed by atoms with Gasteiger partial charge in [-0.1, -0.05) is 74.0 Å². The summed E-state index contributed by atoms with van der Waals surface area (Å²) < 4.78 is 0. The maximum Gasteiger partial charge on any atom is 0.326 e. The van der Waals surface area contributed by atoms with E-state index in [2.05, 4.69) is 46.5 Å². The first-order valence-corrected chi connectivity index (χ1v) is 15.0. The van der Waals surface area contributed by atoms with E-state index in [1.165, 1.54) is 56.7 Å². The molecule has 0 radical (unpaired) electrons. The highest BCUT2D eigenvalue weighted by atomic mass is 16.4. The second-order valence-electron chi connectivity index (χ2n) is 11.4. The van der Waals surface area contributed by atoms with E-state index in [4.69, 9.17) is 0 Å². The number of Topliss-reactive ketones (excluding diaryl/α,β-unsaturated/α-hetero) is 1. The summed E-state index contributed by atoms with van der Waals surface area (Å²) in [7, 11) is 0. The van der Waals surface area contributed by atoms with Crippen molar-refractivity contribution in [1.82, 2.24) is 15.3 Å². The number of ketones is 1. The highest BCUT2D eigenvalue weighted by Gasteiger charge is 2.22. The van der Waals surface area contributed by atoms with Crippen molar-refractivity contribution in [2.45, 2.75) is 64.3 Å². The minimum Gasteiger partial charge on any atom is -0.480 e. The van der Waals surface area contributed by atoms with Crippen LogP contribution in [0.5, 0.6) is 0 Å². The number of nitrogens with one attached hydrogen (secondary N) is 1. The van der Waals surface area contributed by atoms with E-state index < -0.39 is 17.9 Å². The maximum absolute atomic E-state index is 12.6. The number of carbonyl (C=O) groups excluding carboxylic acids is 2. The van der Waals surface area contributed by atoms with Gasteiger partial charge in [0.1, 0.15) is 6.04 Å². The normalized spacial score (nSPS) is 17.2. The maximum atomic E-state index is 12.6. The Balaban J connectivity index is 1.19. The van der Waals surface area contributed by atoms with Gasteiger partial charge in [-0.25, -0.2) is 14.8 Å². The highest BCUT2D eigenvalue weighted by Crippen LogP contribution is 2.37. The fourth-order valence-electron chi connectivity index (χ4n) is 5.80. The summed E-state index contributed by atoms with van der Waals surface area (Å²) in [6.45, 7) is 3.74. The molecule has 0 spiro atoms. The number of aliphatic carboxylic acids is 1. The minimum atomic E-state index is -1.13. The second-order valence-corrected chi connectivity index (χ2v) is 11.4. The Morgan fingerprint density at radius 3 is 1.93 bits per heavy atom. The molecule has 0 aliphatic heterocycles. The van der Waals surface area contributed by atoms with Gasteiger partial charge in [-0.2, -0.15) is 0 Å². The third kappa shape index (κ3) is 7.41. The van der Waals surface area contributed by atoms with Crippen molar-refractivity contribution in [2.24, 2.45) is 5.92 Å². The van der Waals surface area contributed by atoms with Crippen molar-refractivity contribution < 1.29 is 19.5 Å². The van der Waals surface area contributed by atoms with E-state index in [0.29, 0.717) is 17.3 Å². The number of hydrogen-bond acceptors (Lipinski definition) is 5. The number of benzene rings is 3. The van der Waals surface area contributed by atoms with Crippen molar-refractivity contribution in [2.75, 3.05) is 0 Å². The molecule has 1 amide bonds. The van der Waals surface area contributed by atoms with E-state index in [-0.39, 0.29) is 17.8 Å². The van der Waals surface area contributed by atoms with Crippen molar-refractivity contribution in [3.8, 4) is 22.5 Å². The van der Waals surface area contributed by atoms with Crippen molar-refractivity contribution in [3.63, 3.8) is 0 Å². The molecule has 1 aliphatic carbocycles. The third-order valence-electron chi connectivity index (χ3n) is 8.60. The molecule has 5 rings (SSSR count). The Morgan fingerprint density at radius 1 is 0.791 bits per heavy atom. The number of nitrogens with zero attached hydrogens (tertiary/aromatic N) is 2. The lowest BCUT2D eigenvalue weighted by molar-refractivity contribution is -0.139. The minimum absolute atomic E-state index is 0.107. The van der Waals surface area contributed by atoms with Crippen LogP contribution >= 0.6 is 0 Å². The molecule has 43 heavy (non-hydrogen) atoms. The van der Waals surface area contributed by atoms with Gasteiger partial charge in [-0.3, -0.25) is 9.59 Å². The average molecular weight is 576 g/mol. The van der Waals surface area contributed by atoms with Crippen LogP contribution in [0.15, 0.2) is 85.2 Å². The Labute approximate surface area is 252 Å². The standard InChI is InChI=1S/C36H37N3O4/c1-3-24-4-8-27(9-5-24)28-14-16-29(17-15-28)32-21-37-34(38-22-32)30-10-6-25(7-11-30)20-33(36(42)43)39-35(41)31-18-12-26(13-19-31)23(2)40/h6-7,10-19,21-22,24,27,33H,3-5,8-9,20H2,1-2H3,(H,39,41)(H,42,43)/t24?,27?,33-/m0/s1. The van der Waals surface area contributed by atoms with Gasteiger partial charge in [0.25, 0.3) is 5.91 Å². The first kappa shape index (κ1) is 29.8. The molecule has 4 aromatic rings. The zero-order valence-corrected chi connectivity index (χ0v) is 24.6. The number of carbonyl (C=O) groups is 3. The van der Waals surface area contributed by atoms with Crippen LogP contribution in [0.3, 0.4) is 0 Å². The van der Waals surface area contributed by atoms with Crippen LogP contribution in [0.1, 0.15) is 83.7 Å². The molecule has 1 atom stereocenters. The van der Waals surface area contributed by atoms with Crippen molar-refractivity contribution >= 4 is 17.7 Å². The summed E-state index contributed by atoms with van der Waals surface area (Å²) in [5, 5.41) is 12.3. The van der Waals surface area contributed by atoms with Crippen LogP contribution in [-0.4, -0.2) is 38.8 Å². The molecule has 220 valence electrons. The Bertz CT molecular complexity index is 1560. The Morgan fingerprint density at radius 2 is 1.37 bits per heavy atom. The molecule has 7 heteroatoms. The lowest BCUT2D eigenvalue weighted by Gasteiger charge is -2.28. The van der Waals surface area contributed by atoms with Crippen LogP contribution in [0, 0.1) is 5.92 Å². The highest BCUT2D eigenvalue weighted by molar-refractivity contribution is 5.99. The molecule has 2 N–H and O–H groups in total. The van der Waals surface area contributed by atoms with Gasteiger partial charge >= 0.3 is 5.97 Å². The zero-order valence-electron chi connectivity index (χ0n) is 24.6. The lowest BCUT2D eigenvalue weighted by Crippen LogP contribution is -2.42. The molecular formula is C36H37N3O4. The molecule has 0 saturated heterocycles. The van der Waals surface area contributed by atoms with Gasteiger partial charge in [-0.05, 0) is 73.3 Å². The number of amides is 1. The number of carboxylic acids is 1. The topological polar surface area (TPSA) is 109 Å². The van der Waals surface area contributed by atoms with Crippen LogP contribution < -0.4 is 5.32 Å². The van der Waals surface area contributed by atoms with Gasteiger partial charge in [-0.15, -0.1) is 0 Å². The SMILES string of the molecule is CCC1CCC(c2ccc(-c3cnc(-c4ccc(C[C@H](NC(=O)c5ccc(C(C)=O)cc5)C(=O)O)cc4)nc3)cc2)CC1. The summed E-state index contributed by atoms with van der Waals surface area (Å²) in [5.74, 6) is 0.379. The summed E-state index contributed by atoms with van der Waals surface area (Å²) in [4.78, 5) is 45.2. The van der Waals surface area contributed by atoms with E-state index in [0.717, 1.165) is 28.2 Å². The van der Waals surface area contributed by atoms with E-state index >= 15 is 0 Å². The van der Waals surface area contributed by atoms with Crippen molar-refractivity contribution in [1.29, 1.82) is 0 Å². The molecule has 1 saturated carbocycles. The van der Waals surface area contributed by atoms with E-state index in [1.807, 2.05) is 36.7 Å². The molecule has 1 aromatic heterocycles. The number of rotatable bonds is 10. The molecular weight excluding hydrogens is 538 g/mol. The molecule has 1 aliphatic rings. The Hall–Kier alpha value is -4.65. The first-order chi connectivity index (χ1) is 20.8. The second kappa shape index (κ2) is 13.6. The predicted octanol–water partition coefficient (Wildman–Crippen LogP) is 7.12. The summed E-state index contributed by atoms with van der Waals surface area (Å²) >= 11 is 0. The van der Waals surface area contributed by atoms with Gasteiger partial charge in [0.2, 0.25) is 0 Å².